The van der Waals surface area contributed by atoms with Gasteiger partial charge in [0.25, 0.3) is 10.0 Å². The molecule has 0 fully saturated rings. The van der Waals surface area contributed by atoms with Crippen LogP contribution in [0.5, 0.6) is 0 Å². The van der Waals surface area contributed by atoms with Gasteiger partial charge in [-0.1, -0.05) is 16.5 Å². The second-order valence-corrected chi connectivity index (χ2v) is 4.96. The number of nitrogens with one attached hydrogen (secondary N) is 1. The van der Waals surface area contributed by atoms with Crippen molar-refractivity contribution in [3.05, 3.63) is 29.3 Å². The van der Waals surface area contributed by atoms with E-state index >= 15 is 0 Å². The number of methoxy groups -OCH3 is 1. The molecule has 0 spiro atoms. The zero-order valence-electron chi connectivity index (χ0n) is 8.64. The molecule has 7 heteroatoms. The largest absolute Gasteiger partial charge is 0.382 e. The van der Waals surface area contributed by atoms with Gasteiger partial charge in [0.15, 0.2) is 0 Å². The summed E-state index contributed by atoms with van der Waals surface area (Å²) < 4.78 is 27.9. The van der Waals surface area contributed by atoms with Crippen molar-refractivity contribution in [3.8, 4) is 0 Å². The Labute approximate surface area is 99.3 Å². The van der Waals surface area contributed by atoms with E-state index in [0.29, 0.717) is 11.6 Å². The average molecular weight is 266 g/mol. The fourth-order valence-corrected chi connectivity index (χ4v) is 1.86. The topological polar surface area (TPSA) is 64.6 Å². The van der Waals surface area contributed by atoms with Crippen LogP contribution in [0.3, 0.4) is 0 Å². The summed E-state index contributed by atoms with van der Waals surface area (Å²) in [6, 6.07) is 5.77. The number of hydrogen-bond donors (Lipinski definition) is 1. The molecular formula is C9H12ClNO4S. The van der Waals surface area contributed by atoms with Crippen molar-refractivity contribution in [1.82, 2.24) is 4.89 Å². The minimum Gasteiger partial charge on any atom is -0.382 e. The molecule has 0 radical (unpaired) electrons. The van der Waals surface area contributed by atoms with Crippen LogP contribution in [-0.4, -0.2) is 28.7 Å². The Hall–Kier alpha value is -0.660. The lowest BCUT2D eigenvalue weighted by atomic mass is 10.4. The Morgan fingerprint density at radius 2 is 1.88 bits per heavy atom. The molecule has 0 saturated carbocycles. The van der Waals surface area contributed by atoms with Crippen LogP contribution in [0.1, 0.15) is 0 Å². The molecule has 90 valence electrons. The van der Waals surface area contributed by atoms with Gasteiger partial charge in [-0.15, -0.1) is 0 Å². The number of halogens is 1. The number of sulfonamides is 1. The van der Waals surface area contributed by atoms with Crippen molar-refractivity contribution in [2.45, 2.75) is 4.90 Å². The molecule has 0 heterocycles. The minimum atomic E-state index is -3.64. The van der Waals surface area contributed by atoms with E-state index in [1.807, 2.05) is 4.89 Å². The third-order valence-corrected chi connectivity index (χ3v) is 3.16. The molecule has 16 heavy (non-hydrogen) atoms. The summed E-state index contributed by atoms with van der Waals surface area (Å²) >= 11 is 5.64. The standard InChI is InChI=1S/C9H12ClNO4S/c1-14-6-7-15-11-16(12,13)9-4-2-8(10)3-5-9/h2-5,11H,6-7H2,1H3. The first-order chi connectivity index (χ1) is 7.56. The average Bonchev–Trinajstić information content (AvgIpc) is 2.25. The molecule has 1 aromatic carbocycles. The fourth-order valence-electron chi connectivity index (χ4n) is 0.906. The Kier molecular flexibility index (Phi) is 5.17. The summed E-state index contributed by atoms with van der Waals surface area (Å²) in [5, 5.41) is 0.472. The van der Waals surface area contributed by atoms with Crippen LogP contribution in [0.25, 0.3) is 0 Å². The summed E-state index contributed by atoms with van der Waals surface area (Å²) in [5.41, 5.74) is 0. The van der Waals surface area contributed by atoms with Crippen LogP contribution < -0.4 is 4.89 Å². The van der Waals surface area contributed by atoms with Crippen LogP contribution >= 0.6 is 11.6 Å². The second kappa shape index (κ2) is 6.17. The van der Waals surface area contributed by atoms with E-state index in [4.69, 9.17) is 21.2 Å². The Morgan fingerprint density at radius 1 is 1.25 bits per heavy atom. The summed E-state index contributed by atoms with van der Waals surface area (Å²) in [6.07, 6.45) is 0. The minimum absolute atomic E-state index is 0.0920. The van der Waals surface area contributed by atoms with Crippen molar-refractivity contribution in [3.63, 3.8) is 0 Å². The number of hydrogen-bond acceptors (Lipinski definition) is 4. The zero-order valence-corrected chi connectivity index (χ0v) is 10.2. The summed E-state index contributed by atoms with van der Waals surface area (Å²) in [5.74, 6) is 0. The quantitative estimate of drug-likeness (QED) is 0.620. The maximum absolute atomic E-state index is 11.6. The van der Waals surface area contributed by atoms with Gasteiger partial charge in [0, 0.05) is 12.1 Å². The van der Waals surface area contributed by atoms with Crippen LogP contribution in [0.15, 0.2) is 29.2 Å². The Bertz CT molecular complexity index is 418. The van der Waals surface area contributed by atoms with Gasteiger partial charge in [0.2, 0.25) is 0 Å². The smallest absolute Gasteiger partial charge is 0.262 e. The highest BCUT2D eigenvalue weighted by Crippen LogP contribution is 2.13. The van der Waals surface area contributed by atoms with Gasteiger partial charge < -0.3 is 4.74 Å². The number of rotatable bonds is 6. The van der Waals surface area contributed by atoms with Gasteiger partial charge in [-0.2, -0.15) is 0 Å². The maximum atomic E-state index is 11.6. The van der Waals surface area contributed by atoms with E-state index in [1.165, 1.54) is 31.4 Å². The number of benzene rings is 1. The molecule has 0 atom stereocenters. The normalized spacial score (nSPS) is 11.6. The molecule has 0 bridgehead atoms. The van der Waals surface area contributed by atoms with E-state index in [0.717, 1.165) is 0 Å². The third kappa shape index (κ3) is 4.07. The molecule has 1 aromatic rings. The predicted octanol–water partition coefficient (Wildman–Crippen LogP) is 1.20. The van der Waals surface area contributed by atoms with Crippen molar-refractivity contribution in [2.75, 3.05) is 20.3 Å². The van der Waals surface area contributed by atoms with Gasteiger partial charge >= 0.3 is 0 Å². The van der Waals surface area contributed by atoms with E-state index in [2.05, 4.69) is 0 Å². The summed E-state index contributed by atoms with van der Waals surface area (Å²) in [6.45, 7) is 0.451. The molecule has 1 N–H and O–H groups in total. The van der Waals surface area contributed by atoms with Crippen LogP contribution in [-0.2, 0) is 19.6 Å². The first-order valence-electron chi connectivity index (χ1n) is 4.44. The zero-order chi connectivity index (χ0) is 12.0. The van der Waals surface area contributed by atoms with Crippen LogP contribution in [0.4, 0.5) is 0 Å². The lowest BCUT2D eigenvalue weighted by molar-refractivity contribution is 0.0438. The van der Waals surface area contributed by atoms with Crippen LogP contribution in [0.2, 0.25) is 5.02 Å². The van der Waals surface area contributed by atoms with Crippen LogP contribution in [0, 0.1) is 0 Å². The molecule has 0 aliphatic heterocycles. The molecule has 5 nitrogen and oxygen atoms in total. The SMILES string of the molecule is COCCONS(=O)(=O)c1ccc(Cl)cc1. The molecular weight excluding hydrogens is 254 g/mol. The van der Waals surface area contributed by atoms with Crippen molar-refractivity contribution >= 4 is 21.6 Å². The summed E-state index contributed by atoms with van der Waals surface area (Å²) in [7, 11) is -2.15. The first kappa shape index (κ1) is 13.4. The molecule has 0 amide bonds. The van der Waals surface area contributed by atoms with Gasteiger partial charge in [-0.3, -0.25) is 4.84 Å². The molecule has 0 saturated heterocycles. The van der Waals surface area contributed by atoms with Gasteiger partial charge in [-0.05, 0) is 24.3 Å². The Morgan fingerprint density at radius 3 is 2.44 bits per heavy atom. The fraction of sp³-hybridized carbons (Fsp3) is 0.333. The van der Waals surface area contributed by atoms with E-state index in [9.17, 15) is 8.42 Å². The second-order valence-electron chi connectivity index (χ2n) is 2.88. The Balaban J connectivity index is 2.60. The van der Waals surface area contributed by atoms with Crippen molar-refractivity contribution < 1.29 is 18.0 Å². The summed E-state index contributed by atoms with van der Waals surface area (Å²) in [4.78, 5) is 6.80. The van der Waals surface area contributed by atoms with E-state index in [1.54, 1.807) is 0 Å². The highest BCUT2D eigenvalue weighted by molar-refractivity contribution is 7.89. The van der Waals surface area contributed by atoms with Crippen molar-refractivity contribution in [2.24, 2.45) is 0 Å². The maximum Gasteiger partial charge on any atom is 0.262 e. The lowest BCUT2D eigenvalue weighted by Crippen LogP contribution is -2.25. The van der Waals surface area contributed by atoms with Crippen molar-refractivity contribution in [1.29, 1.82) is 0 Å². The van der Waals surface area contributed by atoms with Gasteiger partial charge in [0.1, 0.15) is 0 Å². The van der Waals surface area contributed by atoms with Gasteiger partial charge in [0.05, 0.1) is 18.1 Å². The monoisotopic (exact) mass is 265 g/mol. The number of ether oxygens (including phenoxy) is 1. The highest BCUT2D eigenvalue weighted by Gasteiger charge is 2.13. The van der Waals surface area contributed by atoms with E-state index < -0.39 is 10.0 Å². The molecule has 0 aliphatic carbocycles. The van der Waals surface area contributed by atoms with Gasteiger partial charge in [-0.25, -0.2) is 8.42 Å². The molecule has 0 unspecified atom stereocenters. The highest BCUT2D eigenvalue weighted by atomic mass is 35.5. The molecule has 1 rings (SSSR count). The predicted molar refractivity (Wildman–Crippen MR) is 59.6 cm³/mol. The van der Waals surface area contributed by atoms with E-state index in [-0.39, 0.29) is 11.5 Å². The lowest BCUT2D eigenvalue weighted by Gasteiger charge is -2.06. The first-order valence-corrected chi connectivity index (χ1v) is 6.30. The molecule has 0 aliphatic rings. The third-order valence-electron chi connectivity index (χ3n) is 1.68. The molecule has 0 aromatic heterocycles.